The number of amides is 1. The SMILES string of the molecule is COc1ccc(Br)cc1[C@H]1Nc2ccccc2C(=O)N1C1CC1. The molecule has 1 aliphatic carbocycles. The van der Waals surface area contributed by atoms with E-state index in [1.54, 1.807) is 7.11 Å². The summed E-state index contributed by atoms with van der Waals surface area (Å²) in [6, 6.07) is 13.9. The number of benzene rings is 2. The molecule has 0 saturated heterocycles. The Morgan fingerprint density at radius 2 is 2.00 bits per heavy atom. The van der Waals surface area contributed by atoms with Crippen LogP contribution in [0, 0.1) is 0 Å². The number of nitrogens with zero attached hydrogens (tertiary/aromatic N) is 1. The first-order valence-electron chi connectivity index (χ1n) is 7.70. The van der Waals surface area contributed by atoms with E-state index in [4.69, 9.17) is 4.74 Å². The molecule has 4 rings (SSSR count). The summed E-state index contributed by atoms with van der Waals surface area (Å²) in [5, 5.41) is 3.52. The number of rotatable bonds is 3. The van der Waals surface area contributed by atoms with Crippen molar-refractivity contribution < 1.29 is 9.53 Å². The van der Waals surface area contributed by atoms with Crippen LogP contribution in [0.1, 0.15) is 34.9 Å². The van der Waals surface area contributed by atoms with Crippen LogP contribution in [0.4, 0.5) is 5.69 Å². The molecule has 1 saturated carbocycles. The molecule has 2 aromatic carbocycles. The minimum absolute atomic E-state index is 0.0916. The van der Waals surface area contributed by atoms with Gasteiger partial charge in [0.05, 0.1) is 12.7 Å². The van der Waals surface area contributed by atoms with Crippen LogP contribution in [-0.2, 0) is 0 Å². The van der Waals surface area contributed by atoms with Gasteiger partial charge in [-0.15, -0.1) is 0 Å². The first-order chi connectivity index (χ1) is 11.2. The minimum Gasteiger partial charge on any atom is -0.496 e. The molecule has 118 valence electrons. The van der Waals surface area contributed by atoms with E-state index in [1.807, 2.05) is 47.4 Å². The van der Waals surface area contributed by atoms with E-state index in [0.717, 1.165) is 39.9 Å². The molecular weight excluding hydrogens is 356 g/mol. The fraction of sp³-hybridized carbons (Fsp3) is 0.278. The molecule has 0 radical (unpaired) electrons. The van der Waals surface area contributed by atoms with Crippen molar-refractivity contribution in [3.8, 4) is 5.75 Å². The maximum absolute atomic E-state index is 13.0. The summed E-state index contributed by atoms with van der Waals surface area (Å²) in [7, 11) is 1.66. The molecule has 1 amide bonds. The summed E-state index contributed by atoms with van der Waals surface area (Å²) >= 11 is 3.52. The van der Waals surface area contributed by atoms with E-state index >= 15 is 0 Å². The number of anilines is 1. The highest BCUT2D eigenvalue weighted by molar-refractivity contribution is 9.10. The van der Waals surface area contributed by atoms with Gasteiger partial charge in [-0.3, -0.25) is 4.79 Å². The molecule has 2 aromatic rings. The number of para-hydroxylation sites is 1. The van der Waals surface area contributed by atoms with Crippen LogP contribution in [0.25, 0.3) is 0 Å². The average molecular weight is 373 g/mol. The Morgan fingerprint density at radius 1 is 1.22 bits per heavy atom. The highest BCUT2D eigenvalue weighted by atomic mass is 79.9. The summed E-state index contributed by atoms with van der Waals surface area (Å²) < 4.78 is 6.50. The van der Waals surface area contributed by atoms with Crippen LogP contribution in [0.2, 0.25) is 0 Å². The van der Waals surface area contributed by atoms with Gasteiger partial charge in [-0.2, -0.15) is 0 Å². The number of fused-ring (bicyclic) bond motifs is 1. The predicted molar refractivity (Wildman–Crippen MR) is 92.7 cm³/mol. The molecular formula is C18H17BrN2O2. The van der Waals surface area contributed by atoms with Gasteiger partial charge in [-0.25, -0.2) is 0 Å². The fourth-order valence-corrected chi connectivity index (χ4v) is 3.52. The second kappa shape index (κ2) is 5.57. The van der Waals surface area contributed by atoms with Gasteiger partial charge < -0.3 is 15.0 Å². The van der Waals surface area contributed by atoms with E-state index < -0.39 is 0 Å². The van der Waals surface area contributed by atoms with Gasteiger partial charge in [-0.05, 0) is 43.2 Å². The number of halogens is 1. The third-order valence-corrected chi connectivity index (χ3v) is 4.88. The number of carbonyl (C=O) groups excluding carboxylic acids is 1. The Balaban J connectivity index is 1.84. The lowest BCUT2D eigenvalue weighted by Crippen LogP contribution is -2.44. The normalized spacial score (nSPS) is 20.0. The quantitative estimate of drug-likeness (QED) is 0.878. The Labute approximate surface area is 143 Å². The summed E-state index contributed by atoms with van der Waals surface area (Å²) in [5.41, 5.74) is 2.59. The fourth-order valence-electron chi connectivity index (χ4n) is 3.14. The number of nitrogens with one attached hydrogen (secondary N) is 1. The Kier molecular flexibility index (Phi) is 3.53. The van der Waals surface area contributed by atoms with Gasteiger partial charge in [-0.1, -0.05) is 28.1 Å². The molecule has 4 nitrogen and oxygen atoms in total. The van der Waals surface area contributed by atoms with Crippen LogP contribution in [0.15, 0.2) is 46.9 Å². The van der Waals surface area contributed by atoms with Crippen LogP contribution < -0.4 is 10.1 Å². The molecule has 1 atom stereocenters. The van der Waals surface area contributed by atoms with Crippen molar-refractivity contribution in [1.29, 1.82) is 0 Å². The number of hydrogen-bond acceptors (Lipinski definition) is 3. The molecule has 23 heavy (non-hydrogen) atoms. The molecule has 5 heteroatoms. The van der Waals surface area contributed by atoms with Gasteiger partial charge in [0.1, 0.15) is 11.9 Å². The van der Waals surface area contributed by atoms with Gasteiger partial charge in [0, 0.05) is 21.8 Å². The summed E-state index contributed by atoms with van der Waals surface area (Å²) in [4.78, 5) is 15.0. The number of carbonyl (C=O) groups is 1. The largest absolute Gasteiger partial charge is 0.496 e. The molecule has 0 aromatic heterocycles. The van der Waals surface area contributed by atoms with Crippen LogP contribution >= 0.6 is 15.9 Å². The smallest absolute Gasteiger partial charge is 0.258 e. The number of hydrogen-bond donors (Lipinski definition) is 1. The zero-order valence-electron chi connectivity index (χ0n) is 12.8. The second-order valence-corrected chi connectivity index (χ2v) is 6.84. The van der Waals surface area contributed by atoms with E-state index in [-0.39, 0.29) is 12.1 Å². The van der Waals surface area contributed by atoms with Gasteiger partial charge >= 0.3 is 0 Å². The Bertz CT molecular complexity index is 773. The topological polar surface area (TPSA) is 41.6 Å². The lowest BCUT2D eigenvalue weighted by Gasteiger charge is -2.39. The maximum atomic E-state index is 13.0. The van der Waals surface area contributed by atoms with Crippen molar-refractivity contribution in [2.24, 2.45) is 0 Å². The lowest BCUT2D eigenvalue weighted by atomic mass is 10.0. The second-order valence-electron chi connectivity index (χ2n) is 5.92. The molecule has 2 aliphatic rings. The molecule has 1 N–H and O–H groups in total. The van der Waals surface area contributed by atoms with Crippen molar-refractivity contribution >= 4 is 27.5 Å². The zero-order valence-corrected chi connectivity index (χ0v) is 14.3. The molecule has 1 heterocycles. The van der Waals surface area contributed by atoms with Crippen molar-refractivity contribution in [2.45, 2.75) is 25.0 Å². The molecule has 0 bridgehead atoms. The average Bonchev–Trinajstić information content (AvgIpc) is 3.39. The van der Waals surface area contributed by atoms with Crippen molar-refractivity contribution in [2.75, 3.05) is 12.4 Å². The van der Waals surface area contributed by atoms with E-state index in [2.05, 4.69) is 21.2 Å². The van der Waals surface area contributed by atoms with Crippen molar-refractivity contribution in [3.05, 3.63) is 58.1 Å². The number of methoxy groups -OCH3 is 1. The molecule has 1 aliphatic heterocycles. The summed E-state index contributed by atoms with van der Waals surface area (Å²) in [6.45, 7) is 0. The standard InChI is InChI=1S/C18H17BrN2O2/c1-23-16-9-6-11(19)10-14(16)17-20-15-5-3-2-4-13(15)18(22)21(17)12-7-8-12/h2-6,9-10,12,17,20H,7-8H2,1H3/t17-/m0/s1. The van der Waals surface area contributed by atoms with Crippen LogP contribution in [-0.4, -0.2) is 24.0 Å². The van der Waals surface area contributed by atoms with Gasteiger partial charge in [0.25, 0.3) is 5.91 Å². The Morgan fingerprint density at radius 3 is 2.74 bits per heavy atom. The summed E-state index contributed by atoms with van der Waals surface area (Å²) in [6.07, 6.45) is 1.91. The maximum Gasteiger partial charge on any atom is 0.258 e. The van der Waals surface area contributed by atoms with Crippen LogP contribution in [0.5, 0.6) is 5.75 Å². The van der Waals surface area contributed by atoms with Gasteiger partial charge in [0.2, 0.25) is 0 Å². The van der Waals surface area contributed by atoms with Crippen molar-refractivity contribution in [3.63, 3.8) is 0 Å². The van der Waals surface area contributed by atoms with Crippen LogP contribution in [0.3, 0.4) is 0 Å². The molecule has 1 fully saturated rings. The first kappa shape index (κ1) is 14.6. The third kappa shape index (κ3) is 2.49. The van der Waals surface area contributed by atoms with Crippen molar-refractivity contribution in [1.82, 2.24) is 4.90 Å². The monoisotopic (exact) mass is 372 g/mol. The van der Waals surface area contributed by atoms with E-state index in [9.17, 15) is 4.79 Å². The highest BCUT2D eigenvalue weighted by Gasteiger charge is 2.42. The first-order valence-corrected chi connectivity index (χ1v) is 8.50. The predicted octanol–water partition coefficient (Wildman–Crippen LogP) is 4.19. The Hall–Kier alpha value is -2.01. The number of ether oxygens (including phenoxy) is 1. The zero-order chi connectivity index (χ0) is 16.0. The highest BCUT2D eigenvalue weighted by Crippen LogP contribution is 2.43. The minimum atomic E-state index is -0.211. The molecule has 0 spiro atoms. The van der Waals surface area contributed by atoms with E-state index in [1.165, 1.54) is 0 Å². The van der Waals surface area contributed by atoms with E-state index in [0.29, 0.717) is 6.04 Å². The molecule has 0 unspecified atom stereocenters. The van der Waals surface area contributed by atoms with Gasteiger partial charge in [0.15, 0.2) is 0 Å². The lowest BCUT2D eigenvalue weighted by molar-refractivity contribution is 0.0664. The third-order valence-electron chi connectivity index (χ3n) is 4.39. The summed E-state index contributed by atoms with van der Waals surface area (Å²) in [5.74, 6) is 0.873.